The average molecular weight is 458 g/mol. The molecule has 0 bridgehead atoms. The second-order valence-corrected chi connectivity index (χ2v) is 8.70. The molecule has 5 nitrogen and oxygen atoms in total. The molecule has 2 aromatic rings. The first-order valence-corrected chi connectivity index (χ1v) is 10.9. The summed E-state index contributed by atoms with van der Waals surface area (Å²) >= 11 is 3.52. The van der Waals surface area contributed by atoms with E-state index in [1.54, 1.807) is 12.1 Å². The molecule has 1 atom stereocenters. The number of amides is 3. The van der Waals surface area contributed by atoms with E-state index in [0.29, 0.717) is 17.2 Å². The van der Waals surface area contributed by atoms with Gasteiger partial charge < -0.3 is 15.5 Å². The van der Waals surface area contributed by atoms with Gasteiger partial charge in [0.25, 0.3) is 5.91 Å². The van der Waals surface area contributed by atoms with Crippen molar-refractivity contribution < 1.29 is 9.59 Å². The standard InChI is InChI=1S/C23H28BrN3O2/c1-15-10-12-27(13-11-15)22(28)18-8-9-21(16(2)14-18)26-23(29)25-17(3)19-6-4-5-7-20(19)24/h4-9,14-15,17H,10-13H2,1-3H3,(H2,25,26,29). The number of carbonyl (C=O) groups is 2. The van der Waals surface area contributed by atoms with Crippen molar-refractivity contribution in [1.82, 2.24) is 10.2 Å². The quantitative estimate of drug-likeness (QED) is 0.635. The Morgan fingerprint density at radius 1 is 1.14 bits per heavy atom. The van der Waals surface area contributed by atoms with Crippen LogP contribution in [0.15, 0.2) is 46.9 Å². The largest absolute Gasteiger partial charge is 0.339 e. The van der Waals surface area contributed by atoms with Crippen molar-refractivity contribution in [2.75, 3.05) is 18.4 Å². The summed E-state index contributed by atoms with van der Waals surface area (Å²) in [4.78, 5) is 27.1. The summed E-state index contributed by atoms with van der Waals surface area (Å²) < 4.78 is 0.957. The second-order valence-electron chi connectivity index (χ2n) is 7.85. The van der Waals surface area contributed by atoms with E-state index < -0.39 is 0 Å². The zero-order valence-corrected chi connectivity index (χ0v) is 18.8. The van der Waals surface area contributed by atoms with E-state index in [2.05, 4.69) is 33.5 Å². The van der Waals surface area contributed by atoms with Crippen LogP contribution in [-0.2, 0) is 0 Å². The Labute approximate surface area is 181 Å². The molecular formula is C23H28BrN3O2. The maximum Gasteiger partial charge on any atom is 0.319 e. The van der Waals surface area contributed by atoms with E-state index in [4.69, 9.17) is 0 Å². The van der Waals surface area contributed by atoms with Gasteiger partial charge in [-0.2, -0.15) is 0 Å². The highest BCUT2D eigenvalue weighted by Crippen LogP contribution is 2.24. The molecule has 6 heteroatoms. The number of carbonyl (C=O) groups excluding carboxylic acids is 2. The van der Waals surface area contributed by atoms with Gasteiger partial charge in [-0.15, -0.1) is 0 Å². The van der Waals surface area contributed by atoms with Crippen LogP contribution in [0.2, 0.25) is 0 Å². The first kappa shape index (κ1) is 21.4. The number of rotatable bonds is 4. The minimum atomic E-state index is -0.277. The number of aryl methyl sites for hydroxylation is 1. The number of likely N-dealkylation sites (tertiary alicyclic amines) is 1. The molecular weight excluding hydrogens is 430 g/mol. The van der Waals surface area contributed by atoms with Gasteiger partial charge in [0.2, 0.25) is 0 Å². The minimum Gasteiger partial charge on any atom is -0.339 e. The van der Waals surface area contributed by atoms with Crippen LogP contribution >= 0.6 is 15.9 Å². The van der Waals surface area contributed by atoms with Crippen LogP contribution in [0.25, 0.3) is 0 Å². The normalized spacial score (nSPS) is 15.7. The SMILES string of the molecule is Cc1cc(C(=O)N2CCC(C)CC2)ccc1NC(=O)NC(C)c1ccccc1Br. The molecule has 3 rings (SSSR count). The predicted molar refractivity (Wildman–Crippen MR) is 120 cm³/mol. The highest BCUT2D eigenvalue weighted by molar-refractivity contribution is 9.10. The second kappa shape index (κ2) is 9.44. The van der Waals surface area contributed by atoms with Gasteiger partial charge in [0.1, 0.15) is 0 Å². The highest BCUT2D eigenvalue weighted by Gasteiger charge is 2.22. The van der Waals surface area contributed by atoms with Crippen LogP contribution in [0, 0.1) is 12.8 Å². The molecule has 2 N–H and O–H groups in total. The molecule has 29 heavy (non-hydrogen) atoms. The molecule has 1 saturated heterocycles. The van der Waals surface area contributed by atoms with Crippen molar-refractivity contribution in [2.45, 2.75) is 39.7 Å². The zero-order valence-electron chi connectivity index (χ0n) is 17.2. The third-order valence-electron chi connectivity index (χ3n) is 5.51. The Hall–Kier alpha value is -2.34. The van der Waals surface area contributed by atoms with Crippen molar-refractivity contribution in [3.63, 3.8) is 0 Å². The van der Waals surface area contributed by atoms with Crippen LogP contribution in [0.4, 0.5) is 10.5 Å². The average Bonchev–Trinajstić information content (AvgIpc) is 2.69. The highest BCUT2D eigenvalue weighted by atomic mass is 79.9. The monoisotopic (exact) mass is 457 g/mol. The Bertz CT molecular complexity index is 891. The Balaban J connectivity index is 1.62. The van der Waals surface area contributed by atoms with Crippen LogP contribution < -0.4 is 10.6 Å². The molecule has 0 aromatic heterocycles. The molecule has 0 radical (unpaired) electrons. The number of halogens is 1. The van der Waals surface area contributed by atoms with Crippen molar-refractivity contribution in [3.05, 3.63) is 63.6 Å². The van der Waals surface area contributed by atoms with Gasteiger partial charge in [0.05, 0.1) is 6.04 Å². The molecule has 1 unspecified atom stereocenters. The maximum absolute atomic E-state index is 12.7. The molecule has 0 spiro atoms. The van der Waals surface area contributed by atoms with Gasteiger partial charge >= 0.3 is 6.03 Å². The van der Waals surface area contributed by atoms with Crippen LogP contribution in [0.5, 0.6) is 0 Å². The van der Waals surface area contributed by atoms with Gasteiger partial charge in [-0.05, 0) is 68.0 Å². The smallest absolute Gasteiger partial charge is 0.319 e. The third kappa shape index (κ3) is 5.38. The summed E-state index contributed by atoms with van der Waals surface area (Å²) in [5.41, 5.74) is 3.25. The lowest BCUT2D eigenvalue weighted by molar-refractivity contribution is 0.0697. The number of piperidine rings is 1. The molecule has 0 saturated carbocycles. The minimum absolute atomic E-state index is 0.0681. The molecule has 1 fully saturated rings. The summed E-state index contributed by atoms with van der Waals surface area (Å²) in [6.07, 6.45) is 2.11. The van der Waals surface area contributed by atoms with Crippen molar-refractivity contribution >= 4 is 33.6 Å². The van der Waals surface area contributed by atoms with E-state index >= 15 is 0 Å². The van der Waals surface area contributed by atoms with E-state index in [0.717, 1.165) is 41.5 Å². The Morgan fingerprint density at radius 2 is 1.83 bits per heavy atom. The zero-order chi connectivity index (χ0) is 21.0. The number of urea groups is 1. The summed E-state index contributed by atoms with van der Waals surface area (Å²) in [7, 11) is 0. The van der Waals surface area contributed by atoms with Crippen molar-refractivity contribution in [2.24, 2.45) is 5.92 Å². The van der Waals surface area contributed by atoms with Gasteiger partial charge in [-0.3, -0.25) is 4.79 Å². The van der Waals surface area contributed by atoms with E-state index in [-0.39, 0.29) is 18.0 Å². The lowest BCUT2D eigenvalue weighted by atomic mass is 9.98. The molecule has 0 aliphatic carbocycles. The third-order valence-corrected chi connectivity index (χ3v) is 6.23. The molecule has 154 valence electrons. The molecule has 1 aliphatic heterocycles. The topological polar surface area (TPSA) is 61.4 Å². The van der Waals surface area contributed by atoms with Gasteiger partial charge in [0, 0.05) is 28.8 Å². The molecule has 2 aromatic carbocycles. The lowest BCUT2D eigenvalue weighted by Crippen LogP contribution is -2.38. The number of nitrogens with zero attached hydrogens (tertiary/aromatic N) is 1. The van der Waals surface area contributed by atoms with Crippen LogP contribution in [0.3, 0.4) is 0 Å². The van der Waals surface area contributed by atoms with Gasteiger partial charge in [-0.25, -0.2) is 4.79 Å². The summed E-state index contributed by atoms with van der Waals surface area (Å²) in [6, 6.07) is 12.8. The summed E-state index contributed by atoms with van der Waals surface area (Å²) in [6.45, 7) is 7.70. The van der Waals surface area contributed by atoms with E-state index in [1.807, 2.05) is 49.1 Å². The fourth-order valence-corrected chi connectivity index (χ4v) is 4.22. The molecule has 1 aliphatic rings. The number of hydrogen-bond donors (Lipinski definition) is 2. The first-order valence-electron chi connectivity index (χ1n) is 10.1. The molecule has 1 heterocycles. The Morgan fingerprint density at radius 3 is 2.48 bits per heavy atom. The predicted octanol–water partition coefficient (Wildman–Crippen LogP) is 5.51. The van der Waals surface area contributed by atoms with Crippen LogP contribution in [-0.4, -0.2) is 29.9 Å². The van der Waals surface area contributed by atoms with Crippen molar-refractivity contribution in [1.29, 1.82) is 0 Å². The summed E-state index contributed by atoms with van der Waals surface area (Å²) in [5, 5.41) is 5.84. The number of hydrogen-bond acceptors (Lipinski definition) is 2. The van der Waals surface area contributed by atoms with Crippen molar-refractivity contribution in [3.8, 4) is 0 Å². The van der Waals surface area contributed by atoms with E-state index in [1.165, 1.54) is 0 Å². The maximum atomic E-state index is 12.7. The van der Waals surface area contributed by atoms with E-state index in [9.17, 15) is 9.59 Å². The fraction of sp³-hybridized carbons (Fsp3) is 0.391. The number of benzene rings is 2. The van der Waals surface area contributed by atoms with Gasteiger partial charge in [0.15, 0.2) is 0 Å². The van der Waals surface area contributed by atoms with Gasteiger partial charge in [-0.1, -0.05) is 41.1 Å². The Kier molecular flexibility index (Phi) is 6.96. The summed E-state index contributed by atoms with van der Waals surface area (Å²) in [5.74, 6) is 0.753. The van der Waals surface area contributed by atoms with Crippen LogP contribution in [0.1, 0.15) is 54.2 Å². The number of nitrogens with one attached hydrogen (secondary N) is 2. The molecule has 3 amide bonds. The lowest BCUT2D eigenvalue weighted by Gasteiger charge is -2.30. The fourth-order valence-electron chi connectivity index (χ4n) is 3.59. The number of anilines is 1. The first-order chi connectivity index (χ1) is 13.8.